The summed E-state index contributed by atoms with van der Waals surface area (Å²) in [7, 11) is 0. The van der Waals surface area contributed by atoms with Gasteiger partial charge in [-0.2, -0.15) is 0 Å². The fourth-order valence-corrected chi connectivity index (χ4v) is 2.31. The van der Waals surface area contributed by atoms with Gasteiger partial charge in [-0.15, -0.1) is 0 Å². The molecule has 1 N–H and O–H groups in total. The molecule has 0 bridgehead atoms. The predicted octanol–water partition coefficient (Wildman–Crippen LogP) is 4.21. The smallest absolute Gasteiger partial charge is 0.277 e. The first-order valence-electron chi connectivity index (χ1n) is 7.05. The van der Waals surface area contributed by atoms with Gasteiger partial charge in [0.05, 0.1) is 0 Å². The molecule has 1 heterocycles. The molecule has 110 valence electrons. The van der Waals surface area contributed by atoms with Gasteiger partial charge in [-0.1, -0.05) is 53.7 Å². The summed E-state index contributed by atoms with van der Waals surface area (Å²) in [6, 6.07) is 17.1. The third-order valence-corrected chi connectivity index (χ3v) is 3.52. The molecule has 22 heavy (non-hydrogen) atoms. The minimum absolute atomic E-state index is 0.265. The number of amides is 1. The van der Waals surface area contributed by atoms with Crippen molar-refractivity contribution in [3.05, 3.63) is 71.4 Å². The molecule has 0 unspecified atom stereocenters. The summed E-state index contributed by atoms with van der Waals surface area (Å²) in [5.41, 5.74) is 4.00. The van der Waals surface area contributed by atoms with Gasteiger partial charge in [-0.05, 0) is 25.0 Å². The van der Waals surface area contributed by atoms with E-state index in [1.54, 1.807) is 6.07 Å². The lowest BCUT2D eigenvalue weighted by molar-refractivity contribution is 0.101. The van der Waals surface area contributed by atoms with Gasteiger partial charge >= 0.3 is 0 Å². The van der Waals surface area contributed by atoms with E-state index in [4.69, 9.17) is 4.52 Å². The van der Waals surface area contributed by atoms with E-state index in [0.29, 0.717) is 5.76 Å². The van der Waals surface area contributed by atoms with Crippen LogP contribution in [0.2, 0.25) is 0 Å². The normalized spacial score (nSPS) is 10.5. The first-order chi connectivity index (χ1) is 10.6. The number of nitrogens with one attached hydrogen (secondary N) is 1. The third-order valence-electron chi connectivity index (χ3n) is 3.52. The van der Waals surface area contributed by atoms with Crippen molar-refractivity contribution in [2.75, 3.05) is 5.32 Å². The van der Waals surface area contributed by atoms with Gasteiger partial charge in [-0.3, -0.25) is 4.79 Å². The summed E-state index contributed by atoms with van der Waals surface area (Å²) in [5, 5.41) is 6.76. The van der Waals surface area contributed by atoms with Crippen LogP contribution in [0.3, 0.4) is 0 Å². The van der Waals surface area contributed by atoms with Gasteiger partial charge < -0.3 is 9.84 Å². The van der Waals surface area contributed by atoms with Crippen LogP contribution in [-0.4, -0.2) is 11.1 Å². The summed E-state index contributed by atoms with van der Waals surface area (Å²) in [6.45, 7) is 3.92. The van der Waals surface area contributed by atoms with Crippen LogP contribution >= 0.6 is 0 Å². The predicted molar refractivity (Wildman–Crippen MR) is 85.8 cm³/mol. The summed E-state index contributed by atoms with van der Waals surface area (Å²) in [4.78, 5) is 12.3. The second kappa shape index (κ2) is 5.85. The van der Waals surface area contributed by atoms with E-state index in [2.05, 4.69) is 10.5 Å². The lowest BCUT2D eigenvalue weighted by Gasteiger charge is -2.09. The van der Waals surface area contributed by atoms with E-state index < -0.39 is 0 Å². The standard InChI is InChI=1S/C18H16N2O2/c1-12-7-6-8-13(2)17(12)19-18(21)15-11-16(22-20-15)14-9-4-3-5-10-14/h3-11H,1-2H3,(H,19,21). The van der Waals surface area contributed by atoms with Crippen molar-refractivity contribution < 1.29 is 9.32 Å². The number of carbonyl (C=O) groups is 1. The van der Waals surface area contributed by atoms with Gasteiger partial charge in [0.2, 0.25) is 0 Å². The highest BCUT2D eigenvalue weighted by Gasteiger charge is 2.15. The molecule has 0 spiro atoms. The molecule has 0 fully saturated rings. The van der Waals surface area contributed by atoms with Crippen molar-refractivity contribution in [2.45, 2.75) is 13.8 Å². The molecule has 2 aromatic carbocycles. The number of benzene rings is 2. The number of aryl methyl sites for hydroxylation is 2. The summed E-state index contributed by atoms with van der Waals surface area (Å²) < 4.78 is 5.26. The average Bonchev–Trinajstić information content (AvgIpc) is 3.02. The van der Waals surface area contributed by atoms with Gasteiger partial charge in [-0.25, -0.2) is 0 Å². The molecule has 4 nitrogen and oxygen atoms in total. The molecule has 3 aromatic rings. The summed E-state index contributed by atoms with van der Waals surface area (Å²) >= 11 is 0. The highest BCUT2D eigenvalue weighted by molar-refractivity contribution is 6.04. The highest BCUT2D eigenvalue weighted by atomic mass is 16.5. The molecule has 0 aliphatic rings. The largest absolute Gasteiger partial charge is 0.355 e. The van der Waals surface area contributed by atoms with E-state index in [0.717, 1.165) is 22.4 Å². The topological polar surface area (TPSA) is 55.1 Å². The first kappa shape index (κ1) is 14.1. The van der Waals surface area contributed by atoms with Crippen LogP contribution in [0, 0.1) is 13.8 Å². The van der Waals surface area contributed by atoms with Crippen LogP contribution in [0.4, 0.5) is 5.69 Å². The molecule has 1 aromatic heterocycles. The maximum absolute atomic E-state index is 12.3. The van der Waals surface area contributed by atoms with Crippen LogP contribution in [0.25, 0.3) is 11.3 Å². The quantitative estimate of drug-likeness (QED) is 0.786. The average molecular weight is 292 g/mol. The Kier molecular flexibility index (Phi) is 3.74. The van der Waals surface area contributed by atoms with Crippen LogP contribution < -0.4 is 5.32 Å². The van der Waals surface area contributed by atoms with Gasteiger partial charge in [0, 0.05) is 17.3 Å². The SMILES string of the molecule is Cc1cccc(C)c1NC(=O)c1cc(-c2ccccc2)on1. The Balaban J connectivity index is 1.83. The fraction of sp³-hybridized carbons (Fsp3) is 0.111. The van der Waals surface area contributed by atoms with Crippen LogP contribution in [0.5, 0.6) is 0 Å². The van der Waals surface area contributed by atoms with Crippen molar-refractivity contribution in [2.24, 2.45) is 0 Å². The maximum atomic E-state index is 12.3. The molecule has 0 radical (unpaired) electrons. The van der Waals surface area contributed by atoms with Gasteiger partial charge in [0.25, 0.3) is 5.91 Å². The molecule has 3 rings (SSSR count). The highest BCUT2D eigenvalue weighted by Crippen LogP contribution is 2.22. The molecule has 0 atom stereocenters. The number of para-hydroxylation sites is 1. The van der Waals surface area contributed by atoms with Gasteiger partial charge in [0.1, 0.15) is 0 Å². The zero-order chi connectivity index (χ0) is 15.5. The van der Waals surface area contributed by atoms with E-state index >= 15 is 0 Å². The summed E-state index contributed by atoms with van der Waals surface area (Å²) in [6.07, 6.45) is 0. The zero-order valence-corrected chi connectivity index (χ0v) is 12.5. The molecule has 1 amide bonds. The molecular formula is C18H16N2O2. The van der Waals surface area contributed by atoms with Gasteiger partial charge in [0.15, 0.2) is 11.5 Å². The van der Waals surface area contributed by atoms with E-state index in [-0.39, 0.29) is 11.6 Å². The number of hydrogen-bond donors (Lipinski definition) is 1. The number of anilines is 1. The lowest BCUT2D eigenvalue weighted by Crippen LogP contribution is -2.14. The van der Waals surface area contributed by atoms with Crippen molar-refractivity contribution in [1.82, 2.24) is 5.16 Å². The second-order valence-electron chi connectivity index (χ2n) is 5.16. The monoisotopic (exact) mass is 292 g/mol. The molecule has 0 saturated carbocycles. The Morgan fingerprint density at radius 3 is 2.36 bits per heavy atom. The number of hydrogen-bond acceptors (Lipinski definition) is 3. The molecule has 0 aliphatic heterocycles. The van der Waals surface area contributed by atoms with E-state index in [1.807, 2.05) is 62.4 Å². The van der Waals surface area contributed by atoms with Crippen LogP contribution in [0.15, 0.2) is 59.1 Å². The Bertz CT molecular complexity index is 787. The van der Waals surface area contributed by atoms with Crippen molar-refractivity contribution in [3.63, 3.8) is 0 Å². The molecular weight excluding hydrogens is 276 g/mol. The molecule has 0 saturated heterocycles. The maximum Gasteiger partial charge on any atom is 0.277 e. The number of nitrogens with zero attached hydrogens (tertiary/aromatic N) is 1. The number of carbonyl (C=O) groups excluding carboxylic acids is 1. The van der Waals surface area contributed by atoms with Crippen LogP contribution in [-0.2, 0) is 0 Å². The van der Waals surface area contributed by atoms with Crippen molar-refractivity contribution in [1.29, 1.82) is 0 Å². The minimum Gasteiger partial charge on any atom is -0.355 e. The van der Waals surface area contributed by atoms with Crippen molar-refractivity contribution >= 4 is 11.6 Å². The second-order valence-corrected chi connectivity index (χ2v) is 5.16. The Morgan fingerprint density at radius 2 is 1.68 bits per heavy atom. The van der Waals surface area contributed by atoms with Crippen molar-refractivity contribution in [3.8, 4) is 11.3 Å². The number of aromatic nitrogens is 1. The summed E-state index contributed by atoms with van der Waals surface area (Å²) in [5.74, 6) is 0.301. The Morgan fingerprint density at radius 1 is 1.00 bits per heavy atom. The Labute approximate surface area is 128 Å². The van der Waals surface area contributed by atoms with E-state index in [1.165, 1.54) is 0 Å². The number of rotatable bonds is 3. The lowest BCUT2D eigenvalue weighted by atomic mass is 10.1. The van der Waals surface area contributed by atoms with Crippen LogP contribution in [0.1, 0.15) is 21.6 Å². The Hall–Kier alpha value is -2.88. The fourth-order valence-electron chi connectivity index (χ4n) is 2.31. The van der Waals surface area contributed by atoms with E-state index in [9.17, 15) is 4.79 Å². The minimum atomic E-state index is -0.275. The zero-order valence-electron chi connectivity index (χ0n) is 12.5. The first-order valence-corrected chi connectivity index (χ1v) is 7.05. The third kappa shape index (κ3) is 2.76. The molecule has 4 heteroatoms. The molecule has 0 aliphatic carbocycles.